The third-order valence-electron chi connectivity index (χ3n) is 4.55. The summed E-state index contributed by atoms with van der Waals surface area (Å²) in [5, 5.41) is 6.43. The van der Waals surface area contributed by atoms with E-state index in [1.165, 1.54) is 22.8 Å². The number of aromatic nitrogens is 3. The van der Waals surface area contributed by atoms with Gasteiger partial charge in [-0.1, -0.05) is 0 Å². The van der Waals surface area contributed by atoms with E-state index in [2.05, 4.69) is 10.2 Å². The maximum absolute atomic E-state index is 12.6. The second-order valence-corrected chi connectivity index (χ2v) is 8.46. The second-order valence-electron chi connectivity index (χ2n) is 6.34. The molecule has 7 nitrogen and oxygen atoms in total. The number of carbonyl (C=O) groups is 1. The van der Waals surface area contributed by atoms with Crippen molar-refractivity contribution in [1.29, 1.82) is 0 Å². The number of likely N-dealkylation sites (tertiary alicyclic amines) is 1. The zero-order valence-electron chi connectivity index (χ0n) is 14.3. The number of alkyl halides is 3. The van der Waals surface area contributed by atoms with Crippen molar-refractivity contribution in [2.24, 2.45) is 7.05 Å². The molecule has 0 bridgehead atoms. The number of hydrogen-bond donors (Lipinski definition) is 0. The molecule has 0 aliphatic carbocycles. The van der Waals surface area contributed by atoms with Gasteiger partial charge in [-0.2, -0.15) is 13.2 Å². The minimum Gasteiger partial charge on any atom is -0.339 e. The Labute approximate surface area is 153 Å². The van der Waals surface area contributed by atoms with E-state index in [0.29, 0.717) is 0 Å². The van der Waals surface area contributed by atoms with Crippen molar-refractivity contribution in [3.05, 3.63) is 41.7 Å². The molecule has 1 fully saturated rings. The van der Waals surface area contributed by atoms with E-state index in [-0.39, 0.29) is 36.7 Å². The Hall–Kier alpha value is -2.43. The van der Waals surface area contributed by atoms with Crippen LogP contribution in [0.5, 0.6) is 0 Å². The molecule has 0 atom stereocenters. The molecule has 1 aromatic carbocycles. The molecule has 0 radical (unpaired) electrons. The molecule has 11 heteroatoms. The average Bonchev–Trinajstić information content (AvgIpc) is 3.07. The first-order valence-corrected chi connectivity index (χ1v) is 9.70. The van der Waals surface area contributed by atoms with Crippen molar-refractivity contribution >= 4 is 15.7 Å². The Kier molecular flexibility index (Phi) is 4.98. The SMILES string of the molecule is Cn1cnnc1S(=O)(=O)C1CCN(C(=O)c2ccc(C(F)(F)F)cc2)CC1. The number of halogens is 3. The van der Waals surface area contributed by atoms with Gasteiger partial charge >= 0.3 is 6.18 Å². The van der Waals surface area contributed by atoms with E-state index >= 15 is 0 Å². The quantitative estimate of drug-likeness (QED) is 0.783. The molecule has 2 heterocycles. The molecule has 1 aromatic heterocycles. The van der Waals surface area contributed by atoms with Gasteiger partial charge in [0.1, 0.15) is 6.33 Å². The third kappa shape index (κ3) is 3.82. The molecule has 0 unspecified atom stereocenters. The lowest BCUT2D eigenvalue weighted by Crippen LogP contribution is -2.42. The molecular formula is C16H17F3N4O3S. The van der Waals surface area contributed by atoms with Crippen molar-refractivity contribution in [3.8, 4) is 0 Å². The van der Waals surface area contributed by atoms with Crippen LogP contribution in [0.15, 0.2) is 35.7 Å². The van der Waals surface area contributed by atoms with Crippen LogP contribution in [-0.2, 0) is 23.1 Å². The monoisotopic (exact) mass is 402 g/mol. The number of nitrogens with zero attached hydrogens (tertiary/aromatic N) is 4. The van der Waals surface area contributed by atoms with Crippen LogP contribution in [0.2, 0.25) is 0 Å². The van der Waals surface area contributed by atoms with E-state index < -0.39 is 32.7 Å². The van der Waals surface area contributed by atoms with E-state index in [0.717, 1.165) is 24.3 Å². The fourth-order valence-electron chi connectivity index (χ4n) is 3.03. The topological polar surface area (TPSA) is 85.2 Å². The standard InChI is InChI=1S/C16H17F3N4O3S/c1-22-10-20-21-15(22)27(25,26)13-6-8-23(9-7-13)14(24)11-2-4-12(5-3-11)16(17,18)19/h2-5,10,13H,6-9H2,1H3. The summed E-state index contributed by atoms with van der Waals surface area (Å²) >= 11 is 0. The summed E-state index contributed by atoms with van der Waals surface area (Å²) in [5.41, 5.74) is -0.690. The van der Waals surface area contributed by atoms with Crippen LogP contribution in [0.3, 0.4) is 0 Å². The van der Waals surface area contributed by atoms with Gasteiger partial charge in [-0.05, 0) is 37.1 Å². The van der Waals surface area contributed by atoms with Crippen LogP contribution in [0.1, 0.15) is 28.8 Å². The van der Waals surface area contributed by atoms with E-state index in [4.69, 9.17) is 0 Å². The van der Waals surface area contributed by atoms with Crippen molar-refractivity contribution in [2.45, 2.75) is 29.4 Å². The number of aryl methyl sites for hydroxylation is 1. The minimum absolute atomic E-state index is 0.116. The van der Waals surface area contributed by atoms with Gasteiger partial charge in [0.25, 0.3) is 5.91 Å². The largest absolute Gasteiger partial charge is 0.416 e. The number of benzene rings is 1. The lowest BCUT2D eigenvalue weighted by Gasteiger charge is -2.31. The summed E-state index contributed by atoms with van der Waals surface area (Å²) < 4.78 is 64.4. The summed E-state index contributed by atoms with van der Waals surface area (Å²) in [4.78, 5) is 13.9. The number of sulfone groups is 1. The molecule has 146 valence electrons. The van der Waals surface area contributed by atoms with Gasteiger partial charge in [-0.15, -0.1) is 10.2 Å². The van der Waals surface area contributed by atoms with Crippen molar-refractivity contribution in [3.63, 3.8) is 0 Å². The lowest BCUT2D eigenvalue weighted by molar-refractivity contribution is -0.137. The minimum atomic E-state index is -4.46. The predicted molar refractivity (Wildman–Crippen MR) is 88.6 cm³/mol. The van der Waals surface area contributed by atoms with Crippen LogP contribution < -0.4 is 0 Å². The summed E-state index contributed by atoms with van der Waals surface area (Å²) in [5.74, 6) is -0.418. The fraction of sp³-hybridized carbons (Fsp3) is 0.438. The molecule has 1 saturated heterocycles. The molecule has 27 heavy (non-hydrogen) atoms. The highest BCUT2D eigenvalue weighted by Crippen LogP contribution is 2.29. The number of amides is 1. The summed E-state index contributed by atoms with van der Waals surface area (Å²) in [6, 6.07) is 3.98. The first-order valence-electron chi connectivity index (χ1n) is 8.15. The van der Waals surface area contributed by atoms with Crippen LogP contribution in [0.25, 0.3) is 0 Å². The van der Waals surface area contributed by atoms with Gasteiger partial charge in [0.05, 0.1) is 10.8 Å². The van der Waals surface area contributed by atoms with Gasteiger partial charge in [-0.25, -0.2) is 8.42 Å². The summed E-state index contributed by atoms with van der Waals surface area (Å²) in [7, 11) is -2.12. The zero-order chi connectivity index (χ0) is 19.8. The van der Waals surface area contributed by atoms with Gasteiger partial charge in [0.15, 0.2) is 0 Å². The molecule has 1 amide bonds. The third-order valence-corrected chi connectivity index (χ3v) is 6.78. The van der Waals surface area contributed by atoms with Crippen LogP contribution in [0, 0.1) is 0 Å². The van der Waals surface area contributed by atoms with Gasteiger partial charge in [0, 0.05) is 25.7 Å². The first kappa shape index (κ1) is 19.3. The van der Waals surface area contributed by atoms with Gasteiger partial charge in [0.2, 0.25) is 15.0 Å². The van der Waals surface area contributed by atoms with Crippen LogP contribution >= 0.6 is 0 Å². The smallest absolute Gasteiger partial charge is 0.339 e. The van der Waals surface area contributed by atoms with E-state index in [1.54, 1.807) is 0 Å². The van der Waals surface area contributed by atoms with Crippen molar-refractivity contribution in [2.75, 3.05) is 13.1 Å². The Morgan fingerprint density at radius 3 is 2.22 bits per heavy atom. The first-order chi connectivity index (χ1) is 12.6. The molecule has 0 N–H and O–H groups in total. The number of piperidine rings is 1. The lowest BCUT2D eigenvalue weighted by atomic mass is 10.1. The maximum Gasteiger partial charge on any atom is 0.416 e. The normalized spacial score (nSPS) is 16.5. The highest BCUT2D eigenvalue weighted by Gasteiger charge is 2.36. The van der Waals surface area contributed by atoms with Crippen LogP contribution in [-0.4, -0.2) is 52.3 Å². The van der Waals surface area contributed by atoms with Crippen molar-refractivity contribution < 1.29 is 26.4 Å². The van der Waals surface area contributed by atoms with Gasteiger partial charge < -0.3 is 9.47 Å². The Morgan fingerprint density at radius 2 is 1.74 bits per heavy atom. The predicted octanol–water partition coefficient (Wildman–Crippen LogP) is 1.91. The number of rotatable bonds is 3. The molecule has 0 saturated carbocycles. The summed E-state index contributed by atoms with van der Waals surface area (Å²) in [6.45, 7) is 0.392. The van der Waals surface area contributed by atoms with Gasteiger partial charge in [-0.3, -0.25) is 4.79 Å². The average molecular weight is 402 g/mol. The molecular weight excluding hydrogens is 385 g/mol. The summed E-state index contributed by atoms with van der Waals surface area (Å²) in [6.07, 6.45) is -2.71. The molecule has 0 spiro atoms. The Balaban J connectivity index is 1.67. The molecule has 1 aliphatic heterocycles. The Bertz CT molecular complexity index is 931. The second kappa shape index (κ2) is 6.95. The molecule has 2 aromatic rings. The highest BCUT2D eigenvalue weighted by atomic mass is 32.2. The number of carbonyl (C=O) groups excluding carboxylic acids is 1. The van der Waals surface area contributed by atoms with Crippen LogP contribution in [0.4, 0.5) is 13.2 Å². The van der Waals surface area contributed by atoms with Crippen molar-refractivity contribution in [1.82, 2.24) is 19.7 Å². The zero-order valence-corrected chi connectivity index (χ0v) is 15.2. The fourth-order valence-corrected chi connectivity index (χ4v) is 4.77. The molecule has 1 aliphatic rings. The molecule has 3 rings (SSSR count). The highest BCUT2D eigenvalue weighted by molar-refractivity contribution is 7.91. The number of hydrogen-bond acceptors (Lipinski definition) is 5. The van der Waals surface area contributed by atoms with E-state index in [9.17, 15) is 26.4 Å². The van der Waals surface area contributed by atoms with E-state index in [1.807, 2.05) is 0 Å². The Morgan fingerprint density at radius 1 is 1.15 bits per heavy atom. The maximum atomic E-state index is 12.6.